The van der Waals surface area contributed by atoms with Crippen LogP contribution in [0.5, 0.6) is 5.75 Å². The smallest absolute Gasteiger partial charge is 0.416 e. The van der Waals surface area contributed by atoms with Gasteiger partial charge in [0.1, 0.15) is 10.6 Å². The van der Waals surface area contributed by atoms with Crippen LogP contribution >= 0.6 is 0 Å². The van der Waals surface area contributed by atoms with Crippen LogP contribution in [0.2, 0.25) is 0 Å². The third kappa shape index (κ3) is 4.37. The zero-order chi connectivity index (χ0) is 18.9. The number of sulfonamides is 1. The van der Waals surface area contributed by atoms with Crippen LogP contribution < -0.4 is 4.72 Å². The second kappa shape index (κ2) is 6.92. The highest BCUT2D eigenvalue weighted by Crippen LogP contribution is 2.39. The molecule has 0 saturated heterocycles. The number of hydrogen-bond acceptors (Lipinski definition) is 3. The Morgan fingerprint density at radius 2 is 1.77 bits per heavy atom. The fraction of sp³-hybridized carbons (Fsp3) is 0.333. The van der Waals surface area contributed by atoms with Gasteiger partial charge < -0.3 is 5.11 Å². The summed E-state index contributed by atoms with van der Waals surface area (Å²) in [6.45, 7) is 0. The highest BCUT2D eigenvalue weighted by atomic mass is 32.2. The minimum absolute atomic E-state index is 0.387. The van der Waals surface area contributed by atoms with Gasteiger partial charge >= 0.3 is 6.18 Å². The molecule has 140 valence electrons. The van der Waals surface area contributed by atoms with Gasteiger partial charge in [0.25, 0.3) is 0 Å². The Morgan fingerprint density at radius 1 is 1.12 bits per heavy atom. The van der Waals surface area contributed by atoms with Crippen molar-refractivity contribution in [1.82, 2.24) is 4.72 Å². The Labute approximate surface area is 149 Å². The molecule has 1 aliphatic carbocycles. The summed E-state index contributed by atoms with van der Waals surface area (Å²) in [4.78, 5) is -0.774. The number of halogens is 3. The van der Waals surface area contributed by atoms with Crippen LogP contribution in [0.1, 0.15) is 36.4 Å². The Balaban J connectivity index is 1.93. The molecule has 8 heteroatoms. The largest absolute Gasteiger partial charge is 0.507 e. The molecule has 3 rings (SSSR count). The van der Waals surface area contributed by atoms with Crippen molar-refractivity contribution in [3.05, 3.63) is 59.7 Å². The normalized spacial score (nSPS) is 16.4. The van der Waals surface area contributed by atoms with E-state index in [1.54, 1.807) is 30.3 Å². The summed E-state index contributed by atoms with van der Waals surface area (Å²) in [7, 11) is -4.34. The fourth-order valence-electron chi connectivity index (χ4n) is 2.78. The van der Waals surface area contributed by atoms with Gasteiger partial charge in [-0.3, -0.25) is 0 Å². The molecular formula is C18H18F3NO3S. The summed E-state index contributed by atoms with van der Waals surface area (Å²) < 4.78 is 66.5. The lowest BCUT2D eigenvalue weighted by atomic mass is 10.0. The lowest BCUT2D eigenvalue weighted by Crippen LogP contribution is -2.29. The van der Waals surface area contributed by atoms with Crippen LogP contribution in [-0.4, -0.2) is 13.5 Å². The van der Waals surface area contributed by atoms with Crippen molar-refractivity contribution in [3.8, 4) is 5.75 Å². The molecule has 0 aromatic heterocycles. The predicted molar refractivity (Wildman–Crippen MR) is 90.0 cm³/mol. The first-order chi connectivity index (χ1) is 12.2. The molecule has 1 atom stereocenters. The number of benzene rings is 2. The summed E-state index contributed by atoms with van der Waals surface area (Å²) in [5, 5.41) is 9.83. The number of alkyl halides is 3. The second-order valence-electron chi connectivity index (χ2n) is 6.44. The van der Waals surface area contributed by atoms with E-state index in [-0.39, 0.29) is 0 Å². The van der Waals surface area contributed by atoms with Crippen molar-refractivity contribution in [3.63, 3.8) is 0 Å². The first kappa shape index (κ1) is 18.7. The molecule has 2 aromatic carbocycles. The van der Waals surface area contributed by atoms with Crippen LogP contribution in [-0.2, 0) is 16.2 Å². The van der Waals surface area contributed by atoms with Gasteiger partial charge in [-0.2, -0.15) is 13.2 Å². The molecule has 2 N–H and O–H groups in total. The van der Waals surface area contributed by atoms with Crippen molar-refractivity contribution in [1.29, 1.82) is 0 Å². The maximum absolute atomic E-state index is 12.9. The zero-order valence-electron chi connectivity index (χ0n) is 13.7. The van der Waals surface area contributed by atoms with Crippen LogP contribution in [0.3, 0.4) is 0 Å². The molecule has 1 saturated carbocycles. The van der Waals surface area contributed by atoms with Gasteiger partial charge in [0.2, 0.25) is 10.0 Å². The van der Waals surface area contributed by atoms with Crippen LogP contribution in [0, 0.1) is 5.92 Å². The number of nitrogens with one attached hydrogen (secondary N) is 1. The summed E-state index contributed by atoms with van der Waals surface area (Å²) in [5.41, 5.74) is -0.399. The van der Waals surface area contributed by atoms with E-state index in [2.05, 4.69) is 4.72 Å². The highest BCUT2D eigenvalue weighted by Gasteiger charge is 2.34. The maximum Gasteiger partial charge on any atom is 0.416 e. The number of phenolic OH excluding ortho intramolecular Hbond substituents is 1. The van der Waals surface area contributed by atoms with E-state index < -0.39 is 38.4 Å². The van der Waals surface area contributed by atoms with Crippen molar-refractivity contribution >= 4 is 10.0 Å². The third-order valence-corrected chi connectivity index (χ3v) is 5.84. The van der Waals surface area contributed by atoms with Crippen LogP contribution in [0.25, 0.3) is 0 Å². The molecule has 1 unspecified atom stereocenters. The molecule has 4 nitrogen and oxygen atoms in total. The molecule has 0 spiro atoms. The van der Waals surface area contributed by atoms with Gasteiger partial charge in [-0.1, -0.05) is 43.2 Å². The van der Waals surface area contributed by atoms with Crippen molar-refractivity contribution < 1.29 is 26.7 Å². The standard InChI is InChI=1S/C18H18F3NO3S/c19-18(20,21)14-8-9-16(23)17(11-14)26(24,25)22-15(10-12-6-7-12)13-4-2-1-3-5-13/h1-5,8-9,11-12,15,22-23H,6-7,10H2. The van der Waals surface area contributed by atoms with Crippen molar-refractivity contribution in [2.24, 2.45) is 5.92 Å². The summed E-state index contributed by atoms with van der Waals surface area (Å²) in [5.74, 6) is -0.332. The van der Waals surface area contributed by atoms with E-state index >= 15 is 0 Å². The first-order valence-electron chi connectivity index (χ1n) is 8.14. The van der Waals surface area contributed by atoms with Gasteiger partial charge in [-0.25, -0.2) is 13.1 Å². The van der Waals surface area contributed by atoms with E-state index in [4.69, 9.17) is 0 Å². The SMILES string of the molecule is O=S(=O)(NC(CC1CC1)c1ccccc1)c1cc(C(F)(F)F)ccc1O. The van der Waals surface area contributed by atoms with E-state index in [1.807, 2.05) is 0 Å². The van der Waals surface area contributed by atoms with Gasteiger partial charge in [0.05, 0.1) is 5.56 Å². The second-order valence-corrected chi connectivity index (χ2v) is 8.13. The Bertz CT molecular complexity index is 878. The Hall–Kier alpha value is -2.06. The van der Waals surface area contributed by atoms with Gasteiger partial charge in [0, 0.05) is 6.04 Å². The first-order valence-corrected chi connectivity index (χ1v) is 9.62. The topological polar surface area (TPSA) is 66.4 Å². The Kier molecular flexibility index (Phi) is 4.98. The van der Waals surface area contributed by atoms with E-state index in [0.29, 0.717) is 24.5 Å². The molecule has 0 heterocycles. The maximum atomic E-state index is 12.9. The highest BCUT2D eigenvalue weighted by molar-refractivity contribution is 7.89. The summed E-state index contributed by atoms with van der Waals surface area (Å²) in [6.07, 6.45) is -2.15. The minimum Gasteiger partial charge on any atom is -0.507 e. The molecule has 1 fully saturated rings. The number of rotatable bonds is 6. The average molecular weight is 385 g/mol. The van der Waals surface area contributed by atoms with E-state index in [1.165, 1.54) is 0 Å². The number of aromatic hydroxyl groups is 1. The molecule has 0 radical (unpaired) electrons. The van der Waals surface area contributed by atoms with Crippen LogP contribution in [0.15, 0.2) is 53.4 Å². The number of phenols is 1. The van der Waals surface area contributed by atoms with Gasteiger partial charge in [-0.05, 0) is 36.1 Å². The van der Waals surface area contributed by atoms with Crippen molar-refractivity contribution in [2.45, 2.75) is 36.4 Å². The molecule has 0 bridgehead atoms. The third-order valence-electron chi connectivity index (χ3n) is 4.34. The van der Waals surface area contributed by atoms with Gasteiger partial charge in [-0.15, -0.1) is 0 Å². The van der Waals surface area contributed by atoms with Gasteiger partial charge in [0.15, 0.2) is 0 Å². The average Bonchev–Trinajstić information content (AvgIpc) is 3.38. The summed E-state index contributed by atoms with van der Waals surface area (Å²) >= 11 is 0. The zero-order valence-corrected chi connectivity index (χ0v) is 14.5. The molecule has 1 aliphatic rings. The number of hydrogen-bond donors (Lipinski definition) is 2. The molecular weight excluding hydrogens is 367 g/mol. The molecule has 2 aromatic rings. The quantitative estimate of drug-likeness (QED) is 0.782. The lowest BCUT2D eigenvalue weighted by Gasteiger charge is -2.20. The molecule has 26 heavy (non-hydrogen) atoms. The van der Waals surface area contributed by atoms with Crippen LogP contribution in [0.4, 0.5) is 13.2 Å². The predicted octanol–water partition coefficient (Wildman–Crippen LogP) is 4.23. The minimum atomic E-state index is -4.70. The van der Waals surface area contributed by atoms with E-state index in [9.17, 15) is 26.7 Å². The van der Waals surface area contributed by atoms with Crippen molar-refractivity contribution in [2.75, 3.05) is 0 Å². The lowest BCUT2D eigenvalue weighted by molar-refractivity contribution is -0.137. The molecule has 0 aliphatic heterocycles. The fourth-order valence-corrected chi connectivity index (χ4v) is 4.14. The monoisotopic (exact) mass is 385 g/mol. The summed E-state index contributed by atoms with van der Waals surface area (Å²) in [6, 6.07) is 10.1. The molecule has 0 amide bonds. The van der Waals surface area contributed by atoms with E-state index in [0.717, 1.165) is 24.5 Å². The Morgan fingerprint density at radius 3 is 2.35 bits per heavy atom.